The van der Waals surface area contributed by atoms with Gasteiger partial charge in [-0.15, -0.1) is 0 Å². The first kappa shape index (κ1) is 9.97. The number of aliphatic hydroxyl groups excluding tert-OH is 1. The maximum Gasteiger partial charge on any atom is 0.0695 e. The molecule has 0 spiro atoms. The molecule has 4 nitrogen and oxygen atoms in total. The van der Waals surface area contributed by atoms with E-state index in [-0.39, 0.29) is 6.54 Å². The third kappa shape index (κ3) is 6.10. The number of hydrogen-bond acceptors (Lipinski definition) is 4. The van der Waals surface area contributed by atoms with E-state index in [1.165, 1.54) is 0 Å². The van der Waals surface area contributed by atoms with Crippen LogP contribution in [0.1, 0.15) is 0 Å². The van der Waals surface area contributed by atoms with Gasteiger partial charge in [-0.2, -0.15) is 0 Å². The molecule has 0 amide bonds. The smallest absolute Gasteiger partial charge is 0.0695 e. The summed E-state index contributed by atoms with van der Waals surface area (Å²) in [6.07, 6.45) is 1.43. The molecular weight excluding hydrogens is 170 g/mol. The average Bonchev–Trinajstić information content (AvgIpc) is 1.97. The van der Waals surface area contributed by atoms with Crippen molar-refractivity contribution >= 4 is 21.6 Å². The maximum absolute atomic E-state index is 9.01. The topological polar surface area (TPSA) is 69.0 Å². The van der Waals surface area contributed by atoms with Crippen LogP contribution in [0.25, 0.3) is 10.4 Å². The third-order valence-corrected chi connectivity index (χ3v) is 2.61. The predicted molar refractivity (Wildman–Crippen MR) is 46.0 cm³/mol. The first-order valence-corrected chi connectivity index (χ1v) is 5.38. The molecule has 0 fully saturated rings. The Kier molecular flexibility index (Phi) is 7.06. The molecule has 0 radical (unpaired) electrons. The highest BCUT2D eigenvalue weighted by molar-refractivity contribution is 8.76. The summed E-state index contributed by atoms with van der Waals surface area (Å²) in [6, 6.07) is 0. The van der Waals surface area contributed by atoms with Crippen LogP contribution in [0.3, 0.4) is 0 Å². The van der Waals surface area contributed by atoms with Crippen molar-refractivity contribution in [1.82, 2.24) is 0 Å². The highest BCUT2D eigenvalue weighted by Gasteiger charge is 2.00. The molecule has 0 aliphatic heterocycles. The van der Waals surface area contributed by atoms with Gasteiger partial charge in [0.1, 0.15) is 0 Å². The van der Waals surface area contributed by atoms with Crippen molar-refractivity contribution < 1.29 is 5.11 Å². The monoisotopic (exact) mass is 179 g/mol. The van der Waals surface area contributed by atoms with Crippen LogP contribution in [0.5, 0.6) is 0 Å². The standard InChI is InChI=1S/C4H9N3OS2/c1-9-10-3-4(8)2-6-7-5/h4,8H,2-3H2,1H3. The fourth-order valence-electron chi connectivity index (χ4n) is 0.330. The van der Waals surface area contributed by atoms with Gasteiger partial charge in [0.15, 0.2) is 0 Å². The second-order valence-corrected chi connectivity index (χ2v) is 4.13. The number of nitrogens with zero attached hydrogens (tertiary/aromatic N) is 3. The summed E-state index contributed by atoms with van der Waals surface area (Å²) in [7, 11) is 3.14. The van der Waals surface area contributed by atoms with E-state index in [9.17, 15) is 0 Å². The molecule has 10 heavy (non-hydrogen) atoms. The van der Waals surface area contributed by atoms with Crippen molar-refractivity contribution in [3.8, 4) is 0 Å². The molecule has 1 unspecified atom stereocenters. The summed E-state index contributed by atoms with van der Waals surface area (Å²) in [4.78, 5) is 2.53. The Morgan fingerprint density at radius 3 is 3.00 bits per heavy atom. The molecule has 0 heterocycles. The van der Waals surface area contributed by atoms with E-state index < -0.39 is 6.10 Å². The van der Waals surface area contributed by atoms with Gasteiger partial charge >= 0.3 is 0 Å². The van der Waals surface area contributed by atoms with E-state index in [4.69, 9.17) is 10.6 Å². The zero-order chi connectivity index (χ0) is 7.82. The summed E-state index contributed by atoms with van der Waals surface area (Å²) in [5, 5.41) is 12.2. The molecule has 58 valence electrons. The van der Waals surface area contributed by atoms with Gasteiger partial charge in [-0.3, -0.25) is 0 Å². The average molecular weight is 179 g/mol. The molecule has 0 saturated heterocycles. The number of azide groups is 1. The second kappa shape index (κ2) is 7.08. The van der Waals surface area contributed by atoms with Crippen molar-refractivity contribution in [3.05, 3.63) is 10.4 Å². The van der Waals surface area contributed by atoms with Crippen molar-refractivity contribution in [1.29, 1.82) is 0 Å². The fourth-order valence-corrected chi connectivity index (χ4v) is 1.61. The van der Waals surface area contributed by atoms with Crippen LogP contribution >= 0.6 is 21.6 Å². The van der Waals surface area contributed by atoms with E-state index in [0.29, 0.717) is 5.75 Å². The van der Waals surface area contributed by atoms with E-state index in [0.717, 1.165) is 0 Å². The van der Waals surface area contributed by atoms with Crippen LogP contribution in [0.15, 0.2) is 5.11 Å². The largest absolute Gasteiger partial charge is 0.392 e. The molecule has 0 aliphatic rings. The first-order valence-electron chi connectivity index (χ1n) is 2.65. The van der Waals surface area contributed by atoms with Gasteiger partial charge in [0.05, 0.1) is 12.6 Å². The summed E-state index contributed by atoms with van der Waals surface area (Å²) < 4.78 is 0. The molecule has 0 saturated carbocycles. The zero-order valence-electron chi connectivity index (χ0n) is 5.60. The minimum atomic E-state index is -0.506. The molecule has 0 rings (SSSR count). The Hall–Kier alpha value is -0.0300. The normalized spacial score (nSPS) is 12.2. The number of hydrogen-bond donors (Lipinski definition) is 1. The highest BCUT2D eigenvalue weighted by Crippen LogP contribution is 2.17. The van der Waals surface area contributed by atoms with Crippen LogP contribution in [-0.4, -0.2) is 29.8 Å². The first-order chi connectivity index (χ1) is 4.81. The fraction of sp³-hybridized carbons (Fsp3) is 1.00. The third-order valence-electron chi connectivity index (χ3n) is 0.734. The lowest BCUT2D eigenvalue weighted by atomic mass is 10.4. The van der Waals surface area contributed by atoms with Crippen LogP contribution in [0, 0.1) is 0 Å². The SMILES string of the molecule is CSSCC(O)CN=[N+]=[N-]. The minimum Gasteiger partial charge on any atom is -0.392 e. The Balaban J connectivity index is 3.24. The van der Waals surface area contributed by atoms with E-state index in [1.807, 2.05) is 6.26 Å². The van der Waals surface area contributed by atoms with Crippen LogP contribution in [0.2, 0.25) is 0 Å². The molecule has 0 bridgehead atoms. The summed E-state index contributed by atoms with van der Waals surface area (Å²) in [5.74, 6) is 0.611. The molecule has 6 heteroatoms. The van der Waals surface area contributed by atoms with Crippen molar-refractivity contribution in [2.45, 2.75) is 6.10 Å². The maximum atomic E-state index is 9.01. The van der Waals surface area contributed by atoms with Gasteiger partial charge in [0.25, 0.3) is 0 Å². The number of rotatable bonds is 5. The van der Waals surface area contributed by atoms with Crippen LogP contribution < -0.4 is 0 Å². The van der Waals surface area contributed by atoms with E-state index in [2.05, 4.69) is 10.0 Å². The Labute approximate surface area is 67.4 Å². The van der Waals surface area contributed by atoms with E-state index in [1.54, 1.807) is 21.6 Å². The van der Waals surface area contributed by atoms with Gasteiger partial charge in [-0.25, -0.2) is 0 Å². The molecule has 0 aromatic heterocycles. The van der Waals surface area contributed by atoms with Gasteiger partial charge in [0, 0.05) is 10.7 Å². The summed E-state index contributed by atoms with van der Waals surface area (Å²) >= 11 is 0. The zero-order valence-corrected chi connectivity index (χ0v) is 7.23. The lowest BCUT2D eigenvalue weighted by molar-refractivity contribution is 0.208. The predicted octanol–water partition coefficient (Wildman–Crippen LogP) is 1.67. The second-order valence-electron chi connectivity index (χ2n) is 1.52. The van der Waals surface area contributed by atoms with Crippen LogP contribution in [-0.2, 0) is 0 Å². The minimum absolute atomic E-state index is 0.171. The van der Waals surface area contributed by atoms with Crippen molar-refractivity contribution in [2.24, 2.45) is 5.11 Å². The number of aliphatic hydroxyl groups is 1. The Bertz CT molecular complexity index is 126. The van der Waals surface area contributed by atoms with Gasteiger partial charge in [-0.05, 0) is 11.8 Å². The molecule has 0 aromatic carbocycles. The summed E-state index contributed by atoms with van der Waals surface area (Å²) in [6.45, 7) is 0.171. The quantitative estimate of drug-likeness (QED) is 0.302. The molecule has 1 N–H and O–H groups in total. The Morgan fingerprint density at radius 1 is 1.80 bits per heavy atom. The highest BCUT2D eigenvalue weighted by atomic mass is 33.1. The Morgan fingerprint density at radius 2 is 2.50 bits per heavy atom. The van der Waals surface area contributed by atoms with Gasteiger partial charge in [-0.1, -0.05) is 26.7 Å². The van der Waals surface area contributed by atoms with Gasteiger partial charge < -0.3 is 5.11 Å². The molecule has 1 atom stereocenters. The molecule has 0 aliphatic carbocycles. The van der Waals surface area contributed by atoms with Crippen molar-refractivity contribution in [3.63, 3.8) is 0 Å². The molecule has 0 aromatic rings. The molecular formula is C4H9N3OS2. The lowest BCUT2D eigenvalue weighted by Crippen LogP contribution is -2.12. The summed E-state index contributed by atoms with van der Waals surface area (Å²) in [5.41, 5.74) is 7.88. The van der Waals surface area contributed by atoms with Crippen molar-refractivity contribution in [2.75, 3.05) is 18.6 Å². The van der Waals surface area contributed by atoms with Crippen LogP contribution in [0.4, 0.5) is 0 Å². The van der Waals surface area contributed by atoms with E-state index >= 15 is 0 Å². The lowest BCUT2D eigenvalue weighted by Gasteiger charge is -2.02. The van der Waals surface area contributed by atoms with Gasteiger partial charge in [0.2, 0.25) is 0 Å².